The Bertz CT molecular complexity index is 600. The van der Waals surface area contributed by atoms with Crippen LogP contribution in [0.15, 0.2) is 35.9 Å². The molecular formula is C16H16S. The summed E-state index contributed by atoms with van der Waals surface area (Å²) in [6, 6.07) is 10.8. The van der Waals surface area contributed by atoms with Crippen molar-refractivity contribution in [3.05, 3.63) is 62.3 Å². The van der Waals surface area contributed by atoms with Crippen LogP contribution in [0.2, 0.25) is 0 Å². The molecule has 1 heterocycles. The van der Waals surface area contributed by atoms with E-state index in [-0.39, 0.29) is 0 Å². The first-order valence-corrected chi connectivity index (χ1v) is 6.84. The Kier molecular flexibility index (Phi) is 2.44. The van der Waals surface area contributed by atoms with E-state index in [0.717, 1.165) is 6.42 Å². The standard InChI is InChI=1S/C16H16S/c1-10-9-14-11(2)12(3)17-16(14)15(10)13-7-5-4-6-8-13/h4-8H,9H2,1-3H3. The molecule has 1 aliphatic rings. The molecule has 0 unspecified atom stereocenters. The van der Waals surface area contributed by atoms with Crippen LogP contribution in [0.25, 0.3) is 5.57 Å². The van der Waals surface area contributed by atoms with Crippen molar-refractivity contribution in [3.8, 4) is 0 Å². The monoisotopic (exact) mass is 240 g/mol. The topological polar surface area (TPSA) is 0 Å². The molecule has 0 amide bonds. The van der Waals surface area contributed by atoms with Gasteiger partial charge in [0.05, 0.1) is 0 Å². The highest BCUT2D eigenvalue weighted by molar-refractivity contribution is 7.13. The Balaban J connectivity index is 2.20. The zero-order chi connectivity index (χ0) is 12.0. The lowest BCUT2D eigenvalue weighted by molar-refractivity contribution is 1.16. The smallest absolute Gasteiger partial charge is 0.0389 e. The highest BCUT2D eigenvalue weighted by atomic mass is 32.1. The maximum Gasteiger partial charge on any atom is 0.0389 e. The molecule has 0 aliphatic heterocycles. The summed E-state index contributed by atoms with van der Waals surface area (Å²) in [6.07, 6.45) is 1.13. The fourth-order valence-corrected chi connectivity index (χ4v) is 3.94. The van der Waals surface area contributed by atoms with Crippen molar-refractivity contribution in [1.82, 2.24) is 0 Å². The second-order valence-electron chi connectivity index (χ2n) is 4.79. The van der Waals surface area contributed by atoms with Gasteiger partial charge >= 0.3 is 0 Å². The van der Waals surface area contributed by atoms with Crippen molar-refractivity contribution in [1.29, 1.82) is 0 Å². The molecule has 0 spiro atoms. The van der Waals surface area contributed by atoms with Gasteiger partial charge in [0.2, 0.25) is 0 Å². The lowest BCUT2D eigenvalue weighted by Crippen LogP contribution is -1.84. The molecule has 1 aliphatic carbocycles. The Morgan fingerprint density at radius 3 is 2.41 bits per heavy atom. The summed E-state index contributed by atoms with van der Waals surface area (Å²) < 4.78 is 0. The number of fused-ring (bicyclic) bond motifs is 1. The SMILES string of the molecule is CC1=C(c2ccccc2)c2sc(C)c(C)c2C1. The molecule has 0 fully saturated rings. The number of benzene rings is 1. The van der Waals surface area contributed by atoms with Crippen LogP contribution in [0, 0.1) is 13.8 Å². The molecule has 1 aromatic heterocycles. The largest absolute Gasteiger partial charge is 0.140 e. The van der Waals surface area contributed by atoms with E-state index in [1.807, 2.05) is 11.3 Å². The highest BCUT2D eigenvalue weighted by Crippen LogP contribution is 2.44. The zero-order valence-electron chi connectivity index (χ0n) is 10.5. The van der Waals surface area contributed by atoms with E-state index in [1.165, 1.54) is 32.0 Å². The van der Waals surface area contributed by atoms with Gasteiger partial charge in [-0.05, 0) is 49.5 Å². The number of hydrogen-bond acceptors (Lipinski definition) is 1. The van der Waals surface area contributed by atoms with Gasteiger partial charge in [0, 0.05) is 9.75 Å². The van der Waals surface area contributed by atoms with Crippen LogP contribution in [0.5, 0.6) is 0 Å². The van der Waals surface area contributed by atoms with Gasteiger partial charge in [-0.2, -0.15) is 0 Å². The molecule has 0 saturated carbocycles. The molecule has 86 valence electrons. The van der Waals surface area contributed by atoms with E-state index in [2.05, 4.69) is 51.1 Å². The van der Waals surface area contributed by atoms with Crippen molar-refractivity contribution >= 4 is 16.9 Å². The van der Waals surface area contributed by atoms with E-state index >= 15 is 0 Å². The third-order valence-corrected chi connectivity index (χ3v) is 4.94. The molecule has 0 atom stereocenters. The quantitative estimate of drug-likeness (QED) is 0.675. The Morgan fingerprint density at radius 1 is 1.00 bits per heavy atom. The van der Waals surface area contributed by atoms with Gasteiger partial charge in [0.15, 0.2) is 0 Å². The maximum absolute atomic E-state index is 2.27. The van der Waals surface area contributed by atoms with Gasteiger partial charge in [-0.15, -0.1) is 11.3 Å². The summed E-state index contributed by atoms with van der Waals surface area (Å²) in [6.45, 7) is 6.76. The second kappa shape index (κ2) is 3.85. The van der Waals surface area contributed by atoms with Gasteiger partial charge < -0.3 is 0 Å². The fraction of sp³-hybridized carbons (Fsp3) is 0.250. The molecule has 3 rings (SSSR count). The predicted octanol–water partition coefficient (Wildman–Crippen LogP) is 4.74. The van der Waals surface area contributed by atoms with Crippen molar-refractivity contribution in [2.75, 3.05) is 0 Å². The summed E-state index contributed by atoms with van der Waals surface area (Å²) in [7, 11) is 0. The minimum atomic E-state index is 1.13. The van der Waals surface area contributed by atoms with Crippen LogP contribution >= 0.6 is 11.3 Å². The molecule has 0 bridgehead atoms. The van der Waals surface area contributed by atoms with Crippen LogP contribution in [0.4, 0.5) is 0 Å². The van der Waals surface area contributed by atoms with E-state index < -0.39 is 0 Å². The van der Waals surface area contributed by atoms with E-state index in [9.17, 15) is 0 Å². The van der Waals surface area contributed by atoms with Crippen molar-refractivity contribution in [2.24, 2.45) is 0 Å². The number of allylic oxidation sites excluding steroid dienone is 1. The molecule has 0 saturated heterocycles. The molecule has 0 N–H and O–H groups in total. The second-order valence-corrected chi connectivity index (χ2v) is 6.01. The zero-order valence-corrected chi connectivity index (χ0v) is 11.3. The van der Waals surface area contributed by atoms with Crippen LogP contribution in [0.3, 0.4) is 0 Å². The third-order valence-electron chi connectivity index (χ3n) is 3.67. The van der Waals surface area contributed by atoms with Gasteiger partial charge in [-0.1, -0.05) is 35.9 Å². The van der Waals surface area contributed by atoms with E-state index in [0.29, 0.717) is 0 Å². The molecule has 17 heavy (non-hydrogen) atoms. The first-order chi connectivity index (χ1) is 8.18. The van der Waals surface area contributed by atoms with Crippen molar-refractivity contribution in [3.63, 3.8) is 0 Å². The summed E-state index contributed by atoms with van der Waals surface area (Å²) in [5.74, 6) is 0. The highest BCUT2D eigenvalue weighted by Gasteiger charge is 2.24. The minimum absolute atomic E-state index is 1.13. The van der Waals surface area contributed by atoms with E-state index in [1.54, 1.807) is 5.56 Å². The molecule has 1 heteroatoms. The Morgan fingerprint density at radius 2 is 1.71 bits per heavy atom. The summed E-state index contributed by atoms with van der Waals surface area (Å²) in [4.78, 5) is 2.97. The Labute approximate surface area is 107 Å². The van der Waals surface area contributed by atoms with Crippen LogP contribution in [-0.4, -0.2) is 0 Å². The van der Waals surface area contributed by atoms with Gasteiger partial charge in [0.25, 0.3) is 0 Å². The van der Waals surface area contributed by atoms with Crippen LogP contribution in [0.1, 0.15) is 33.4 Å². The molecule has 0 radical (unpaired) electrons. The first kappa shape index (κ1) is 10.8. The van der Waals surface area contributed by atoms with E-state index in [4.69, 9.17) is 0 Å². The predicted molar refractivity (Wildman–Crippen MR) is 75.6 cm³/mol. The van der Waals surface area contributed by atoms with Crippen molar-refractivity contribution < 1.29 is 0 Å². The number of aryl methyl sites for hydroxylation is 1. The number of rotatable bonds is 1. The lowest BCUT2D eigenvalue weighted by Gasteiger charge is -2.04. The number of thiophene rings is 1. The van der Waals surface area contributed by atoms with Gasteiger partial charge in [0.1, 0.15) is 0 Å². The molecular weight excluding hydrogens is 224 g/mol. The molecule has 1 aromatic carbocycles. The fourth-order valence-electron chi connectivity index (χ4n) is 2.62. The molecule has 0 nitrogen and oxygen atoms in total. The third kappa shape index (κ3) is 1.57. The summed E-state index contributed by atoms with van der Waals surface area (Å²) in [5, 5.41) is 0. The Hall–Kier alpha value is -1.34. The average molecular weight is 240 g/mol. The normalized spacial score (nSPS) is 14.3. The first-order valence-electron chi connectivity index (χ1n) is 6.03. The average Bonchev–Trinajstić information content (AvgIpc) is 2.78. The maximum atomic E-state index is 2.27. The van der Waals surface area contributed by atoms with Gasteiger partial charge in [-0.3, -0.25) is 0 Å². The summed E-state index contributed by atoms with van der Waals surface area (Å²) >= 11 is 1.95. The molecule has 2 aromatic rings. The van der Waals surface area contributed by atoms with Crippen LogP contribution in [-0.2, 0) is 6.42 Å². The van der Waals surface area contributed by atoms with Crippen LogP contribution < -0.4 is 0 Å². The summed E-state index contributed by atoms with van der Waals surface area (Å²) in [5.41, 5.74) is 7.41. The minimum Gasteiger partial charge on any atom is -0.140 e. The van der Waals surface area contributed by atoms with Gasteiger partial charge in [-0.25, -0.2) is 0 Å². The lowest BCUT2D eigenvalue weighted by atomic mass is 10.0. The van der Waals surface area contributed by atoms with Crippen molar-refractivity contribution in [2.45, 2.75) is 27.2 Å². The number of hydrogen-bond donors (Lipinski definition) is 0.